The highest BCUT2D eigenvalue weighted by atomic mass is 16.4. The predicted octanol–water partition coefficient (Wildman–Crippen LogP) is 1.14. The summed E-state index contributed by atoms with van der Waals surface area (Å²) in [7, 11) is 0. The van der Waals surface area contributed by atoms with E-state index in [4.69, 9.17) is 5.11 Å². The van der Waals surface area contributed by atoms with Gasteiger partial charge in [0.25, 0.3) is 0 Å². The molecule has 1 aliphatic heterocycles. The van der Waals surface area contributed by atoms with Crippen LogP contribution in [0.1, 0.15) is 45.4 Å². The normalized spacial score (nSPS) is 21.3. The highest BCUT2D eigenvalue weighted by molar-refractivity contribution is 5.76. The molecule has 104 valence electrons. The molecule has 1 saturated heterocycles. The lowest BCUT2D eigenvalue weighted by Gasteiger charge is -2.23. The predicted molar refractivity (Wildman–Crippen MR) is 69.3 cm³/mol. The largest absolute Gasteiger partial charge is 0.481 e. The van der Waals surface area contributed by atoms with E-state index in [0.717, 1.165) is 19.4 Å². The summed E-state index contributed by atoms with van der Waals surface area (Å²) in [6.45, 7) is 3.16. The van der Waals surface area contributed by atoms with E-state index >= 15 is 0 Å². The van der Waals surface area contributed by atoms with Crippen molar-refractivity contribution >= 4 is 11.9 Å². The number of hydrogen-bond donors (Lipinski definition) is 3. The minimum absolute atomic E-state index is 0.0277. The lowest BCUT2D eigenvalue weighted by molar-refractivity contribution is -0.141. The van der Waals surface area contributed by atoms with Crippen molar-refractivity contribution in [3.63, 3.8) is 0 Å². The molecule has 2 atom stereocenters. The topological polar surface area (TPSA) is 78.4 Å². The first-order chi connectivity index (χ1) is 8.59. The van der Waals surface area contributed by atoms with Crippen molar-refractivity contribution in [1.82, 2.24) is 10.6 Å². The number of aliphatic carboxylic acids is 1. The van der Waals surface area contributed by atoms with Crippen LogP contribution in [0.3, 0.4) is 0 Å². The molecule has 0 radical (unpaired) electrons. The Hall–Kier alpha value is -1.10. The summed E-state index contributed by atoms with van der Waals surface area (Å²) in [4.78, 5) is 22.1. The van der Waals surface area contributed by atoms with Crippen LogP contribution in [0.4, 0.5) is 0 Å². The first-order valence-electron chi connectivity index (χ1n) is 6.82. The first-order valence-corrected chi connectivity index (χ1v) is 6.82. The van der Waals surface area contributed by atoms with Crippen molar-refractivity contribution in [2.75, 3.05) is 13.1 Å². The third kappa shape index (κ3) is 6.00. The van der Waals surface area contributed by atoms with Crippen LogP contribution in [0.5, 0.6) is 0 Å². The molecule has 1 rings (SSSR count). The second kappa shape index (κ2) is 8.08. The number of hydrogen-bond acceptors (Lipinski definition) is 3. The van der Waals surface area contributed by atoms with Crippen molar-refractivity contribution in [2.24, 2.45) is 5.92 Å². The number of carboxylic acids is 1. The van der Waals surface area contributed by atoms with E-state index in [1.54, 1.807) is 6.92 Å². The Kier molecular flexibility index (Phi) is 6.72. The smallest absolute Gasteiger partial charge is 0.306 e. The Balaban J connectivity index is 2.04. The molecule has 18 heavy (non-hydrogen) atoms. The average molecular weight is 256 g/mol. The highest BCUT2D eigenvalue weighted by Crippen LogP contribution is 2.11. The van der Waals surface area contributed by atoms with E-state index in [9.17, 15) is 9.59 Å². The molecule has 1 aliphatic rings. The Morgan fingerprint density at radius 3 is 2.83 bits per heavy atom. The number of nitrogens with one attached hydrogen (secondary N) is 2. The van der Waals surface area contributed by atoms with Crippen LogP contribution in [-0.4, -0.2) is 36.1 Å². The lowest BCUT2D eigenvalue weighted by atomic mass is 10.0. The molecule has 2 unspecified atom stereocenters. The van der Waals surface area contributed by atoms with Gasteiger partial charge < -0.3 is 15.7 Å². The molecule has 0 bridgehead atoms. The summed E-state index contributed by atoms with van der Waals surface area (Å²) in [5.41, 5.74) is 0. The van der Waals surface area contributed by atoms with Gasteiger partial charge in [0.1, 0.15) is 0 Å². The molecule has 1 fully saturated rings. The zero-order chi connectivity index (χ0) is 13.4. The van der Waals surface area contributed by atoms with Crippen molar-refractivity contribution in [1.29, 1.82) is 0 Å². The highest BCUT2D eigenvalue weighted by Gasteiger charge is 2.14. The van der Waals surface area contributed by atoms with Crippen LogP contribution in [0.2, 0.25) is 0 Å². The molecule has 0 spiro atoms. The number of carbonyl (C=O) groups excluding carboxylic acids is 1. The third-order valence-corrected chi connectivity index (χ3v) is 3.45. The van der Waals surface area contributed by atoms with Gasteiger partial charge in [0.05, 0.1) is 5.92 Å². The van der Waals surface area contributed by atoms with Gasteiger partial charge in [-0.25, -0.2) is 0 Å². The SMILES string of the molecule is CC(CCNC(=O)CCC1CCCCN1)C(=O)O. The van der Waals surface area contributed by atoms with Crippen LogP contribution >= 0.6 is 0 Å². The molecule has 5 heteroatoms. The maximum atomic E-state index is 11.6. The van der Waals surface area contributed by atoms with Crippen molar-refractivity contribution in [3.8, 4) is 0 Å². The van der Waals surface area contributed by atoms with Gasteiger partial charge in [-0.2, -0.15) is 0 Å². The molecular formula is C13H24N2O3. The van der Waals surface area contributed by atoms with Crippen LogP contribution < -0.4 is 10.6 Å². The summed E-state index contributed by atoms with van der Waals surface area (Å²) in [5, 5.41) is 14.9. The molecule has 3 N–H and O–H groups in total. The summed E-state index contributed by atoms with van der Waals surface area (Å²) in [6, 6.07) is 0.474. The first kappa shape index (κ1) is 15.0. The van der Waals surface area contributed by atoms with Gasteiger partial charge in [-0.3, -0.25) is 9.59 Å². The van der Waals surface area contributed by atoms with Gasteiger partial charge >= 0.3 is 5.97 Å². The molecule has 0 aromatic heterocycles. The van der Waals surface area contributed by atoms with Gasteiger partial charge in [-0.05, 0) is 32.2 Å². The van der Waals surface area contributed by atoms with Crippen LogP contribution in [0.15, 0.2) is 0 Å². The number of rotatable bonds is 7. The van der Waals surface area contributed by atoms with Crippen LogP contribution in [0.25, 0.3) is 0 Å². The molecular weight excluding hydrogens is 232 g/mol. The molecule has 1 amide bonds. The summed E-state index contributed by atoms with van der Waals surface area (Å²) >= 11 is 0. The molecule has 5 nitrogen and oxygen atoms in total. The molecule has 1 heterocycles. The van der Waals surface area contributed by atoms with Crippen molar-refractivity contribution in [3.05, 3.63) is 0 Å². The summed E-state index contributed by atoms with van der Waals surface area (Å²) in [5.74, 6) is -1.18. The monoisotopic (exact) mass is 256 g/mol. The molecule has 0 saturated carbocycles. The van der Waals surface area contributed by atoms with E-state index in [-0.39, 0.29) is 5.91 Å². The number of carbonyl (C=O) groups is 2. The second-order valence-corrected chi connectivity index (χ2v) is 5.06. The van der Waals surface area contributed by atoms with Crippen molar-refractivity contribution < 1.29 is 14.7 Å². The minimum atomic E-state index is -0.810. The standard InChI is InChI=1S/C13H24N2O3/c1-10(13(17)18)7-9-15-12(16)6-5-11-4-2-3-8-14-11/h10-11,14H,2-9H2,1H3,(H,15,16)(H,17,18). The summed E-state index contributed by atoms with van der Waals surface area (Å²) < 4.78 is 0. The van der Waals surface area contributed by atoms with Crippen LogP contribution in [0, 0.1) is 5.92 Å². The maximum Gasteiger partial charge on any atom is 0.306 e. The minimum Gasteiger partial charge on any atom is -0.481 e. The average Bonchev–Trinajstić information content (AvgIpc) is 2.37. The number of piperidine rings is 1. The maximum absolute atomic E-state index is 11.6. The fourth-order valence-corrected chi connectivity index (χ4v) is 2.12. The van der Waals surface area contributed by atoms with Gasteiger partial charge in [0, 0.05) is 19.0 Å². The Morgan fingerprint density at radius 2 is 2.22 bits per heavy atom. The third-order valence-electron chi connectivity index (χ3n) is 3.45. The van der Waals surface area contributed by atoms with E-state index in [2.05, 4.69) is 10.6 Å². The fraction of sp³-hybridized carbons (Fsp3) is 0.846. The zero-order valence-electron chi connectivity index (χ0n) is 11.1. The zero-order valence-corrected chi connectivity index (χ0v) is 11.1. The molecule has 0 aromatic carbocycles. The van der Waals surface area contributed by atoms with Crippen LogP contribution in [-0.2, 0) is 9.59 Å². The Labute approximate surface area is 108 Å². The number of amides is 1. The van der Waals surface area contributed by atoms with E-state index < -0.39 is 11.9 Å². The fourth-order valence-electron chi connectivity index (χ4n) is 2.12. The number of carboxylic acid groups (broad SMARTS) is 1. The van der Waals surface area contributed by atoms with Gasteiger partial charge in [-0.1, -0.05) is 13.3 Å². The summed E-state index contributed by atoms with van der Waals surface area (Å²) in [6.07, 6.45) is 5.52. The Bertz CT molecular complexity index is 275. The van der Waals surface area contributed by atoms with E-state index in [1.165, 1.54) is 12.8 Å². The van der Waals surface area contributed by atoms with Crippen molar-refractivity contribution in [2.45, 2.75) is 51.5 Å². The molecule has 0 aliphatic carbocycles. The lowest BCUT2D eigenvalue weighted by Crippen LogP contribution is -2.35. The second-order valence-electron chi connectivity index (χ2n) is 5.06. The van der Waals surface area contributed by atoms with Gasteiger partial charge in [0.2, 0.25) is 5.91 Å². The quantitative estimate of drug-likeness (QED) is 0.638. The van der Waals surface area contributed by atoms with Gasteiger partial charge in [0.15, 0.2) is 0 Å². The molecule has 0 aromatic rings. The van der Waals surface area contributed by atoms with E-state index in [0.29, 0.717) is 25.4 Å². The van der Waals surface area contributed by atoms with Gasteiger partial charge in [-0.15, -0.1) is 0 Å². The Morgan fingerprint density at radius 1 is 1.44 bits per heavy atom. The van der Waals surface area contributed by atoms with E-state index in [1.807, 2.05) is 0 Å².